The van der Waals surface area contributed by atoms with Crippen molar-refractivity contribution < 1.29 is 22.8 Å². The van der Waals surface area contributed by atoms with Gasteiger partial charge >= 0.3 is 12.2 Å². The molecule has 1 aromatic heterocycles. The molecule has 2 rings (SSSR count). The lowest BCUT2D eigenvalue weighted by Gasteiger charge is -2.37. The van der Waals surface area contributed by atoms with E-state index in [2.05, 4.69) is 4.98 Å². The molecule has 2 heterocycles. The van der Waals surface area contributed by atoms with Gasteiger partial charge < -0.3 is 10.6 Å². The lowest BCUT2D eigenvalue weighted by molar-refractivity contribution is -0.137. The standard InChI is InChI=1S/C14H18F3N5O2/c1-9(12(23)20-13(18)24)21-4-6-22(7-5-21)11-3-2-10(8-19-11)14(15,16)17/h2-3,8-9H,4-7H2,1H3,(H3,18,20,23,24). The zero-order valence-corrected chi connectivity index (χ0v) is 13.0. The minimum absolute atomic E-state index is 0.455. The molecule has 1 fully saturated rings. The van der Waals surface area contributed by atoms with E-state index in [9.17, 15) is 22.8 Å². The Kier molecular flexibility index (Phi) is 5.27. The minimum atomic E-state index is -4.41. The van der Waals surface area contributed by atoms with Crippen LogP contribution in [0.4, 0.5) is 23.8 Å². The van der Waals surface area contributed by atoms with E-state index in [0.29, 0.717) is 32.0 Å². The second kappa shape index (κ2) is 7.04. The van der Waals surface area contributed by atoms with E-state index in [4.69, 9.17) is 5.73 Å². The number of hydrogen-bond acceptors (Lipinski definition) is 5. The van der Waals surface area contributed by atoms with Crippen molar-refractivity contribution in [3.05, 3.63) is 23.9 Å². The highest BCUT2D eigenvalue weighted by atomic mass is 19.4. The van der Waals surface area contributed by atoms with Crippen molar-refractivity contribution in [1.29, 1.82) is 0 Å². The third kappa shape index (κ3) is 4.34. The number of nitrogens with zero attached hydrogens (tertiary/aromatic N) is 3. The lowest BCUT2D eigenvalue weighted by atomic mass is 10.2. The Morgan fingerprint density at radius 1 is 1.25 bits per heavy atom. The maximum absolute atomic E-state index is 12.5. The third-order valence-electron chi connectivity index (χ3n) is 3.89. The quantitative estimate of drug-likeness (QED) is 0.846. The van der Waals surface area contributed by atoms with Crippen LogP contribution in [0, 0.1) is 0 Å². The van der Waals surface area contributed by atoms with E-state index in [-0.39, 0.29) is 0 Å². The zero-order chi connectivity index (χ0) is 17.9. The van der Waals surface area contributed by atoms with Gasteiger partial charge in [0.25, 0.3) is 0 Å². The maximum Gasteiger partial charge on any atom is 0.417 e. The second-order valence-corrected chi connectivity index (χ2v) is 5.46. The number of nitrogens with two attached hydrogens (primary N) is 1. The molecule has 0 bridgehead atoms. The van der Waals surface area contributed by atoms with Crippen molar-refractivity contribution in [2.24, 2.45) is 5.73 Å². The number of rotatable bonds is 3. The average Bonchev–Trinajstić information content (AvgIpc) is 2.53. The molecule has 1 unspecified atom stereocenters. The summed E-state index contributed by atoms with van der Waals surface area (Å²) < 4.78 is 37.6. The van der Waals surface area contributed by atoms with Gasteiger partial charge in [0.2, 0.25) is 5.91 Å². The highest BCUT2D eigenvalue weighted by Crippen LogP contribution is 2.29. The Morgan fingerprint density at radius 2 is 1.88 bits per heavy atom. The highest BCUT2D eigenvalue weighted by molar-refractivity contribution is 5.96. The first-order chi connectivity index (χ1) is 11.2. The van der Waals surface area contributed by atoms with Gasteiger partial charge in [-0.1, -0.05) is 0 Å². The number of carbonyl (C=O) groups excluding carboxylic acids is 2. The molecule has 10 heteroatoms. The van der Waals surface area contributed by atoms with Gasteiger partial charge in [-0.05, 0) is 19.1 Å². The topological polar surface area (TPSA) is 91.6 Å². The normalized spacial score (nSPS) is 17.4. The molecule has 3 N–H and O–H groups in total. The van der Waals surface area contributed by atoms with Crippen LogP contribution in [0.3, 0.4) is 0 Å². The minimum Gasteiger partial charge on any atom is -0.354 e. The fraction of sp³-hybridized carbons (Fsp3) is 0.500. The number of aromatic nitrogens is 1. The number of nitrogens with one attached hydrogen (secondary N) is 1. The molecule has 3 amide bonds. The molecule has 0 saturated carbocycles. The van der Waals surface area contributed by atoms with Crippen molar-refractivity contribution in [2.75, 3.05) is 31.1 Å². The number of halogens is 3. The number of carbonyl (C=O) groups is 2. The Hall–Kier alpha value is -2.36. The van der Waals surface area contributed by atoms with E-state index >= 15 is 0 Å². The van der Waals surface area contributed by atoms with Gasteiger partial charge in [-0.15, -0.1) is 0 Å². The van der Waals surface area contributed by atoms with Crippen LogP contribution in [0.1, 0.15) is 12.5 Å². The summed E-state index contributed by atoms with van der Waals surface area (Å²) >= 11 is 0. The van der Waals surface area contributed by atoms with E-state index < -0.39 is 29.7 Å². The summed E-state index contributed by atoms with van der Waals surface area (Å²) in [6.07, 6.45) is -3.60. The van der Waals surface area contributed by atoms with Crippen molar-refractivity contribution in [1.82, 2.24) is 15.2 Å². The lowest BCUT2D eigenvalue weighted by Crippen LogP contribution is -2.55. The molecular weight excluding hydrogens is 327 g/mol. The highest BCUT2D eigenvalue weighted by Gasteiger charge is 2.31. The zero-order valence-electron chi connectivity index (χ0n) is 13.0. The van der Waals surface area contributed by atoms with Gasteiger partial charge in [0, 0.05) is 32.4 Å². The molecular formula is C14H18F3N5O2. The molecule has 1 saturated heterocycles. The van der Waals surface area contributed by atoms with Crippen LogP contribution >= 0.6 is 0 Å². The maximum atomic E-state index is 12.5. The summed E-state index contributed by atoms with van der Waals surface area (Å²) in [5.41, 5.74) is 4.13. The molecule has 1 aliphatic heterocycles. The van der Waals surface area contributed by atoms with Crippen molar-refractivity contribution in [3.63, 3.8) is 0 Å². The predicted octanol–water partition coefficient (Wildman–Crippen LogP) is 0.806. The predicted molar refractivity (Wildman–Crippen MR) is 80.2 cm³/mol. The molecule has 0 aliphatic carbocycles. The Labute approximate surface area is 136 Å². The summed E-state index contributed by atoms with van der Waals surface area (Å²) in [6, 6.07) is 0.902. The smallest absolute Gasteiger partial charge is 0.354 e. The number of primary amides is 1. The number of urea groups is 1. The van der Waals surface area contributed by atoms with Gasteiger partial charge in [0.15, 0.2) is 0 Å². The van der Waals surface area contributed by atoms with Gasteiger partial charge in [0.05, 0.1) is 11.6 Å². The molecule has 24 heavy (non-hydrogen) atoms. The monoisotopic (exact) mass is 345 g/mol. The van der Waals surface area contributed by atoms with Crippen LogP contribution in [-0.2, 0) is 11.0 Å². The third-order valence-corrected chi connectivity index (χ3v) is 3.89. The first-order valence-electron chi connectivity index (χ1n) is 7.31. The molecule has 0 radical (unpaired) electrons. The van der Waals surface area contributed by atoms with Gasteiger partial charge in [-0.25, -0.2) is 9.78 Å². The molecule has 1 aromatic rings. The van der Waals surface area contributed by atoms with Crippen LogP contribution in [0.2, 0.25) is 0 Å². The van der Waals surface area contributed by atoms with Crippen LogP contribution < -0.4 is 16.0 Å². The van der Waals surface area contributed by atoms with Crippen LogP contribution in [0.5, 0.6) is 0 Å². The number of amides is 3. The van der Waals surface area contributed by atoms with E-state index in [1.807, 2.05) is 15.1 Å². The van der Waals surface area contributed by atoms with Crippen molar-refractivity contribution in [3.8, 4) is 0 Å². The summed E-state index contributed by atoms with van der Waals surface area (Å²) in [4.78, 5) is 30.0. The fourth-order valence-electron chi connectivity index (χ4n) is 2.47. The molecule has 132 valence electrons. The summed E-state index contributed by atoms with van der Waals surface area (Å²) in [6.45, 7) is 3.69. The molecule has 1 aliphatic rings. The largest absolute Gasteiger partial charge is 0.417 e. The number of imide groups is 1. The first kappa shape index (κ1) is 18.0. The summed E-state index contributed by atoms with van der Waals surface area (Å²) in [5, 5.41) is 2.03. The molecule has 0 spiro atoms. The molecule has 7 nitrogen and oxygen atoms in total. The average molecular weight is 345 g/mol. The number of hydrogen-bond donors (Lipinski definition) is 2. The SMILES string of the molecule is CC(C(=O)NC(N)=O)N1CCN(c2ccc(C(F)(F)F)cn2)CC1. The summed E-state index contributed by atoms with van der Waals surface area (Å²) in [7, 11) is 0. The number of alkyl halides is 3. The van der Waals surface area contributed by atoms with Crippen LogP contribution in [-0.4, -0.2) is 54.0 Å². The van der Waals surface area contributed by atoms with Gasteiger partial charge in [-0.2, -0.15) is 13.2 Å². The Bertz CT molecular complexity index is 597. The second-order valence-electron chi connectivity index (χ2n) is 5.46. The molecule has 0 aromatic carbocycles. The Morgan fingerprint density at radius 3 is 2.33 bits per heavy atom. The van der Waals surface area contributed by atoms with Crippen molar-refractivity contribution >= 4 is 17.8 Å². The van der Waals surface area contributed by atoms with Crippen LogP contribution in [0.15, 0.2) is 18.3 Å². The van der Waals surface area contributed by atoms with Gasteiger partial charge in [-0.3, -0.25) is 15.0 Å². The van der Waals surface area contributed by atoms with E-state index in [0.717, 1.165) is 12.3 Å². The molecule has 1 atom stereocenters. The van der Waals surface area contributed by atoms with Crippen LogP contribution in [0.25, 0.3) is 0 Å². The first-order valence-corrected chi connectivity index (χ1v) is 7.31. The number of piperazine rings is 1. The number of anilines is 1. The van der Waals surface area contributed by atoms with E-state index in [1.54, 1.807) is 6.92 Å². The Balaban J connectivity index is 1.93. The van der Waals surface area contributed by atoms with Gasteiger partial charge in [0.1, 0.15) is 5.82 Å². The number of pyridine rings is 1. The van der Waals surface area contributed by atoms with E-state index in [1.165, 1.54) is 6.07 Å². The summed E-state index contributed by atoms with van der Waals surface area (Å²) in [5.74, 6) is -0.0273. The van der Waals surface area contributed by atoms with Crippen molar-refractivity contribution in [2.45, 2.75) is 19.1 Å². The fourth-order valence-corrected chi connectivity index (χ4v) is 2.47.